The molecule has 0 heterocycles. The van der Waals surface area contributed by atoms with Gasteiger partial charge < -0.3 is 9.47 Å². The van der Waals surface area contributed by atoms with E-state index in [1.54, 1.807) is 6.08 Å². The third kappa shape index (κ3) is 17.3. The minimum atomic E-state index is -0.345. The molecule has 0 aliphatic heterocycles. The molecule has 3 rings (SSSR count). The van der Waals surface area contributed by atoms with E-state index in [1.165, 1.54) is 138 Å². The van der Waals surface area contributed by atoms with Crippen LogP contribution in [0.5, 0.6) is 5.75 Å². The van der Waals surface area contributed by atoms with Crippen molar-refractivity contribution in [2.75, 3.05) is 13.2 Å². The molecule has 0 aliphatic carbocycles. The highest BCUT2D eigenvalue weighted by atomic mass is 19.1. The number of allylic oxidation sites excluding steroid dienone is 2. The second-order valence-electron chi connectivity index (χ2n) is 12.8. The molecular formula is C43H57FO3. The van der Waals surface area contributed by atoms with Gasteiger partial charge in [-0.3, -0.25) is 4.79 Å². The van der Waals surface area contributed by atoms with E-state index in [2.05, 4.69) is 30.8 Å². The van der Waals surface area contributed by atoms with Crippen LogP contribution in [0.15, 0.2) is 85.5 Å². The lowest BCUT2D eigenvalue weighted by atomic mass is 10.0. The Morgan fingerprint density at radius 1 is 0.617 bits per heavy atom. The van der Waals surface area contributed by atoms with E-state index in [0.29, 0.717) is 12.2 Å². The predicted molar refractivity (Wildman–Crippen MR) is 196 cm³/mol. The zero-order valence-electron chi connectivity index (χ0n) is 28.8. The van der Waals surface area contributed by atoms with Gasteiger partial charge in [-0.1, -0.05) is 145 Å². The van der Waals surface area contributed by atoms with Crippen LogP contribution in [0.25, 0.3) is 11.6 Å². The number of halogens is 1. The van der Waals surface area contributed by atoms with Crippen LogP contribution < -0.4 is 4.74 Å². The van der Waals surface area contributed by atoms with Crippen LogP contribution in [0.3, 0.4) is 0 Å². The highest BCUT2D eigenvalue weighted by Gasteiger charge is 2.02. The van der Waals surface area contributed by atoms with E-state index >= 15 is 0 Å². The normalized spacial score (nSPS) is 11.3. The molecule has 0 spiro atoms. The van der Waals surface area contributed by atoms with Crippen molar-refractivity contribution in [1.29, 1.82) is 0 Å². The Kier molecular flexibility index (Phi) is 19.2. The van der Waals surface area contributed by atoms with Gasteiger partial charge in [0.1, 0.15) is 11.6 Å². The van der Waals surface area contributed by atoms with Crippen LogP contribution in [-0.4, -0.2) is 19.0 Å². The van der Waals surface area contributed by atoms with Gasteiger partial charge in [-0.2, -0.15) is 0 Å². The fourth-order valence-electron chi connectivity index (χ4n) is 5.60. The van der Waals surface area contributed by atoms with E-state index in [-0.39, 0.29) is 11.6 Å². The predicted octanol–water partition coefficient (Wildman–Crippen LogP) is 12.6. The van der Waals surface area contributed by atoms with Gasteiger partial charge in [0.25, 0.3) is 0 Å². The van der Waals surface area contributed by atoms with Gasteiger partial charge in [-0.25, -0.2) is 4.39 Å². The first kappa shape index (κ1) is 38.0. The molecule has 3 aromatic rings. The van der Waals surface area contributed by atoms with Crippen molar-refractivity contribution in [3.05, 3.63) is 114 Å². The molecule has 0 fully saturated rings. The maximum atomic E-state index is 13.0. The molecule has 4 heteroatoms. The number of unbranched alkanes of at least 4 members (excludes halogenated alkanes) is 15. The minimum absolute atomic E-state index is 0.144. The van der Waals surface area contributed by atoms with Crippen LogP contribution in [0, 0.1) is 5.82 Å². The fourth-order valence-corrected chi connectivity index (χ4v) is 5.60. The maximum absolute atomic E-state index is 13.0. The average Bonchev–Trinajstić information content (AvgIpc) is 3.09. The number of hydrogen-bond acceptors (Lipinski definition) is 3. The van der Waals surface area contributed by atoms with Gasteiger partial charge in [0.05, 0.1) is 13.2 Å². The van der Waals surface area contributed by atoms with Gasteiger partial charge >= 0.3 is 0 Å². The summed E-state index contributed by atoms with van der Waals surface area (Å²) in [5, 5.41) is 0. The summed E-state index contributed by atoms with van der Waals surface area (Å²) in [6, 6.07) is 21.9. The van der Waals surface area contributed by atoms with Gasteiger partial charge in [-0.15, -0.1) is 0 Å². The molecule has 0 saturated heterocycles. The third-order valence-electron chi connectivity index (χ3n) is 8.60. The van der Waals surface area contributed by atoms with Gasteiger partial charge in [0, 0.05) is 12.2 Å². The lowest BCUT2D eigenvalue weighted by Gasteiger charge is -2.07. The number of benzene rings is 3. The van der Waals surface area contributed by atoms with E-state index in [0.717, 1.165) is 36.5 Å². The van der Waals surface area contributed by atoms with Crippen molar-refractivity contribution in [1.82, 2.24) is 0 Å². The van der Waals surface area contributed by atoms with Crippen LogP contribution in [0.2, 0.25) is 0 Å². The monoisotopic (exact) mass is 640 g/mol. The van der Waals surface area contributed by atoms with E-state index in [1.807, 2.05) is 31.2 Å². The smallest absolute Gasteiger partial charge is 0.185 e. The first-order chi connectivity index (χ1) is 23.0. The van der Waals surface area contributed by atoms with Crippen LogP contribution in [-0.2, 0) is 11.3 Å². The third-order valence-corrected chi connectivity index (χ3v) is 8.60. The number of carbonyl (C=O) groups is 1. The van der Waals surface area contributed by atoms with Crippen LogP contribution in [0.1, 0.15) is 137 Å². The van der Waals surface area contributed by atoms with E-state index in [9.17, 15) is 9.18 Å². The zero-order valence-corrected chi connectivity index (χ0v) is 28.8. The summed E-state index contributed by atoms with van der Waals surface area (Å²) in [5.74, 6) is 0.362. The number of ether oxygens (including phenoxy) is 2. The molecule has 0 unspecified atom stereocenters. The van der Waals surface area contributed by atoms with Crippen molar-refractivity contribution < 1.29 is 18.7 Å². The van der Waals surface area contributed by atoms with E-state index in [4.69, 9.17) is 9.47 Å². The number of rotatable bonds is 26. The molecule has 0 amide bonds. The highest BCUT2D eigenvalue weighted by Crippen LogP contribution is 2.17. The fraction of sp³-hybridized carbons (Fsp3) is 0.465. The zero-order chi connectivity index (χ0) is 33.4. The average molecular weight is 641 g/mol. The molecule has 0 bridgehead atoms. The molecule has 0 aromatic heterocycles. The summed E-state index contributed by atoms with van der Waals surface area (Å²) >= 11 is 0. The van der Waals surface area contributed by atoms with Crippen molar-refractivity contribution in [2.45, 2.75) is 116 Å². The molecule has 254 valence electrons. The lowest BCUT2D eigenvalue weighted by molar-refractivity contribution is 0.104. The SMILES string of the molecule is C=C(C)c1ccc(COCCCCCCCCCCCCCCCCCCOc2ccc(C=CC(=O)c3ccc(F)cc3)cc2)cc1. The van der Waals surface area contributed by atoms with Crippen molar-refractivity contribution >= 4 is 17.4 Å². The molecule has 3 aromatic carbocycles. The second kappa shape index (κ2) is 23.8. The topological polar surface area (TPSA) is 35.5 Å². The first-order valence-corrected chi connectivity index (χ1v) is 18.0. The molecule has 0 saturated carbocycles. The summed E-state index contributed by atoms with van der Waals surface area (Å²) in [6.45, 7) is 8.33. The number of carbonyl (C=O) groups excluding carboxylic acids is 1. The molecule has 3 nitrogen and oxygen atoms in total. The van der Waals surface area contributed by atoms with Crippen LogP contribution >= 0.6 is 0 Å². The van der Waals surface area contributed by atoms with E-state index < -0.39 is 0 Å². The Labute approximate surface area is 284 Å². The summed E-state index contributed by atoms with van der Waals surface area (Å²) < 4.78 is 24.8. The van der Waals surface area contributed by atoms with Gasteiger partial charge in [-0.05, 0) is 78.9 Å². The summed E-state index contributed by atoms with van der Waals surface area (Å²) in [6.07, 6.45) is 24.4. The minimum Gasteiger partial charge on any atom is -0.494 e. The number of hydrogen-bond donors (Lipinski definition) is 0. The van der Waals surface area contributed by atoms with Gasteiger partial charge in [0.2, 0.25) is 0 Å². The van der Waals surface area contributed by atoms with Crippen molar-refractivity contribution in [3.8, 4) is 5.75 Å². The molecule has 0 atom stereocenters. The lowest BCUT2D eigenvalue weighted by Crippen LogP contribution is -1.97. The molecule has 47 heavy (non-hydrogen) atoms. The van der Waals surface area contributed by atoms with Crippen molar-refractivity contribution in [3.63, 3.8) is 0 Å². The number of ketones is 1. The Morgan fingerprint density at radius 2 is 1.09 bits per heavy atom. The standard InChI is InChI=1S/C43H57FO3/c1-36(2)39-24-19-38(20-25-39)35-46-33-17-15-13-11-9-7-5-3-4-6-8-10-12-14-16-18-34-47-42-30-21-37(22-31-42)23-32-43(45)40-26-28-41(44)29-27-40/h19-32H,1,3-18,33-35H2,2H3. The Balaban J connectivity index is 1.03. The second-order valence-corrected chi connectivity index (χ2v) is 12.8. The summed E-state index contributed by atoms with van der Waals surface area (Å²) in [4.78, 5) is 12.2. The van der Waals surface area contributed by atoms with Crippen molar-refractivity contribution in [2.24, 2.45) is 0 Å². The molecule has 0 N–H and O–H groups in total. The Hall–Kier alpha value is -3.50. The summed E-state index contributed by atoms with van der Waals surface area (Å²) in [7, 11) is 0. The Bertz CT molecular complexity index is 1290. The first-order valence-electron chi connectivity index (χ1n) is 18.0. The quantitative estimate of drug-likeness (QED) is 0.0497. The van der Waals surface area contributed by atoms with Gasteiger partial charge in [0.15, 0.2) is 5.78 Å². The highest BCUT2D eigenvalue weighted by molar-refractivity contribution is 6.06. The maximum Gasteiger partial charge on any atom is 0.185 e. The molecule has 0 aliphatic rings. The summed E-state index contributed by atoms with van der Waals surface area (Å²) in [5.41, 5.74) is 4.94. The molecule has 0 radical (unpaired) electrons. The Morgan fingerprint density at radius 3 is 1.60 bits per heavy atom. The largest absolute Gasteiger partial charge is 0.494 e. The van der Waals surface area contributed by atoms with Crippen LogP contribution in [0.4, 0.5) is 4.39 Å². The molecular weight excluding hydrogens is 583 g/mol.